The highest BCUT2D eigenvalue weighted by Crippen LogP contribution is 2.26. The fraction of sp³-hybridized carbons (Fsp3) is 0.429. The first-order chi connectivity index (χ1) is 20.4. The second-order valence-electron chi connectivity index (χ2n) is 10.6. The number of carbonyl (C=O) groups excluding carboxylic acids is 4. The molecule has 0 saturated heterocycles. The summed E-state index contributed by atoms with van der Waals surface area (Å²) in [4.78, 5) is 62.2. The molecule has 1 aliphatic rings. The summed E-state index contributed by atoms with van der Waals surface area (Å²) in [5.41, 5.74) is 1.01. The molecule has 0 fully saturated rings. The van der Waals surface area contributed by atoms with Crippen LogP contribution in [0.3, 0.4) is 0 Å². The smallest absolute Gasteiger partial charge is 0.273 e. The molecule has 0 aliphatic carbocycles. The van der Waals surface area contributed by atoms with E-state index in [1.165, 1.54) is 22.5 Å². The van der Waals surface area contributed by atoms with Crippen LogP contribution in [0.5, 0.6) is 0 Å². The van der Waals surface area contributed by atoms with E-state index in [1.54, 1.807) is 5.38 Å². The minimum absolute atomic E-state index is 0.0352. The number of hydrogen-bond donors (Lipinski definition) is 3. The molecule has 1 aliphatic heterocycles. The molecular formula is C28H34N6O7S2. The lowest BCUT2D eigenvalue weighted by atomic mass is 10.0. The third kappa shape index (κ3) is 8.94. The largest absolute Gasteiger partial charge is 0.446 e. The summed E-state index contributed by atoms with van der Waals surface area (Å²) in [6, 6.07) is 8.14. The van der Waals surface area contributed by atoms with Gasteiger partial charge in [0.15, 0.2) is 5.69 Å². The summed E-state index contributed by atoms with van der Waals surface area (Å²) in [6.07, 6.45) is 2.23. The molecule has 0 unspecified atom stereocenters. The number of sulfone groups is 1. The summed E-state index contributed by atoms with van der Waals surface area (Å²) in [5.74, 6) is -2.47. The molecule has 3 N–H and O–H groups in total. The van der Waals surface area contributed by atoms with Crippen LogP contribution < -0.4 is 16.0 Å². The predicted octanol–water partition coefficient (Wildman–Crippen LogP) is 1.66. The molecule has 13 nitrogen and oxygen atoms in total. The number of hydrogen-bond acceptors (Lipinski definition) is 10. The zero-order chi connectivity index (χ0) is 31.1. The summed E-state index contributed by atoms with van der Waals surface area (Å²) < 4.78 is 28.9. The quantitative estimate of drug-likeness (QED) is 0.365. The topological polar surface area (TPSA) is 181 Å². The standard InChI is InChI=1S/C28H34N6O7S2/c1-17(2)24-28-32-21(16-42-28)26(38)30-19(13-18-7-5-4-6-8-18)27-31-20(15-41-27)25(37)29-10-11-34(14-22(35)33-24)23(36)9-12-43(3,39)40/h4-8,15-17,19,24H,9-14H2,1-3H3,(H,29,37)(H,30,38)(H,33,35)/t19-,24-/m0/s1. The Morgan fingerprint density at radius 1 is 1.09 bits per heavy atom. The first-order valence-electron chi connectivity index (χ1n) is 13.7. The van der Waals surface area contributed by atoms with Gasteiger partial charge in [-0.1, -0.05) is 44.2 Å². The van der Waals surface area contributed by atoms with Gasteiger partial charge in [-0.25, -0.2) is 18.4 Å². The maximum atomic E-state index is 13.3. The van der Waals surface area contributed by atoms with Gasteiger partial charge in [0, 0.05) is 37.6 Å². The number of aromatic nitrogens is 2. The van der Waals surface area contributed by atoms with E-state index in [0.717, 1.165) is 11.8 Å². The molecule has 4 rings (SSSR count). The van der Waals surface area contributed by atoms with Crippen molar-refractivity contribution in [3.05, 3.63) is 69.8 Å². The van der Waals surface area contributed by atoms with Gasteiger partial charge in [0.1, 0.15) is 32.8 Å². The van der Waals surface area contributed by atoms with Gasteiger partial charge in [0.05, 0.1) is 18.3 Å². The number of carbonyl (C=O) groups is 4. The van der Waals surface area contributed by atoms with Crippen molar-refractivity contribution in [3.8, 4) is 0 Å². The van der Waals surface area contributed by atoms with E-state index in [9.17, 15) is 27.6 Å². The van der Waals surface area contributed by atoms with E-state index in [1.807, 2.05) is 44.2 Å². The highest BCUT2D eigenvalue weighted by molar-refractivity contribution is 7.90. The number of oxazole rings is 1. The van der Waals surface area contributed by atoms with E-state index in [4.69, 9.17) is 4.42 Å². The van der Waals surface area contributed by atoms with Crippen LogP contribution in [0.15, 0.2) is 46.4 Å². The molecule has 4 bridgehead atoms. The molecule has 3 heterocycles. The van der Waals surface area contributed by atoms with Crippen molar-refractivity contribution in [2.24, 2.45) is 5.92 Å². The van der Waals surface area contributed by atoms with Crippen LogP contribution in [0.2, 0.25) is 0 Å². The Balaban J connectivity index is 1.65. The van der Waals surface area contributed by atoms with Gasteiger partial charge >= 0.3 is 0 Å². The van der Waals surface area contributed by atoms with Crippen LogP contribution in [-0.2, 0) is 25.8 Å². The van der Waals surface area contributed by atoms with Crippen molar-refractivity contribution in [1.29, 1.82) is 0 Å². The van der Waals surface area contributed by atoms with Crippen LogP contribution >= 0.6 is 11.3 Å². The molecule has 4 amide bonds. The van der Waals surface area contributed by atoms with E-state index in [0.29, 0.717) is 11.4 Å². The first kappa shape index (κ1) is 31.8. The Morgan fingerprint density at radius 2 is 1.84 bits per heavy atom. The molecular weight excluding hydrogens is 596 g/mol. The van der Waals surface area contributed by atoms with Crippen molar-refractivity contribution in [2.75, 3.05) is 31.6 Å². The van der Waals surface area contributed by atoms with Gasteiger partial charge in [-0.2, -0.15) is 0 Å². The fourth-order valence-corrected chi connectivity index (χ4v) is 5.96. The predicted molar refractivity (Wildman–Crippen MR) is 158 cm³/mol. The van der Waals surface area contributed by atoms with Crippen molar-refractivity contribution in [1.82, 2.24) is 30.8 Å². The van der Waals surface area contributed by atoms with Gasteiger partial charge in [-0.05, 0) is 11.5 Å². The zero-order valence-electron chi connectivity index (χ0n) is 24.0. The Kier molecular flexibility index (Phi) is 10.3. The summed E-state index contributed by atoms with van der Waals surface area (Å²) in [6.45, 7) is 3.33. The van der Waals surface area contributed by atoms with Crippen molar-refractivity contribution in [3.63, 3.8) is 0 Å². The average molecular weight is 631 g/mol. The molecule has 15 heteroatoms. The SMILES string of the molecule is CC(C)[C@@H]1NC(=O)CN(C(=O)CCS(C)(=O)=O)CCNC(=O)c2coc(n2)[C@H](Cc2ccccc2)NC(=O)c2csc1n2. The lowest BCUT2D eigenvalue weighted by molar-refractivity contribution is -0.136. The van der Waals surface area contributed by atoms with Crippen LogP contribution in [0.4, 0.5) is 0 Å². The second-order valence-corrected chi connectivity index (χ2v) is 13.7. The lowest BCUT2D eigenvalue weighted by Gasteiger charge is -2.25. The van der Waals surface area contributed by atoms with Crippen LogP contribution in [0, 0.1) is 5.92 Å². The van der Waals surface area contributed by atoms with E-state index in [-0.39, 0.29) is 55.0 Å². The maximum Gasteiger partial charge on any atom is 0.273 e. The van der Waals surface area contributed by atoms with Gasteiger partial charge < -0.3 is 25.3 Å². The molecule has 1 aromatic carbocycles. The first-order valence-corrected chi connectivity index (χ1v) is 16.6. The molecule has 0 spiro atoms. The normalized spacial score (nSPS) is 18.8. The van der Waals surface area contributed by atoms with Gasteiger partial charge in [-0.3, -0.25) is 19.2 Å². The van der Waals surface area contributed by atoms with E-state index < -0.39 is 45.5 Å². The molecule has 0 radical (unpaired) electrons. The number of nitrogens with zero attached hydrogens (tertiary/aromatic N) is 3. The van der Waals surface area contributed by atoms with Crippen LogP contribution in [0.25, 0.3) is 0 Å². The number of benzene rings is 1. The Hall–Kier alpha value is -4.11. The highest BCUT2D eigenvalue weighted by Gasteiger charge is 2.28. The number of nitrogens with one attached hydrogen (secondary N) is 3. The number of thiazole rings is 1. The molecule has 43 heavy (non-hydrogen) atoms. The Labute approximate surface area is 253 Å². The minimum atomic E-state index is -3.41. The third-order valence-corrected chi connectivity index (χ3v) is 8.56. The Morgan fingerprint density at radius 3 is 2.53 bits per heavy atom. The van der Waals surface area contributed by atoms with Crippen molar-refractivity contribution >= 4 is 44.8 Å². The lowest BCUT2D eigenvalue weighted by Crippen LogP contribution is -2.46. The zero-order valence-corrected chi connectivity index (χ0v) is 25.7. The molecule has 2 atom stereocenters. The molecule has 3 aromatic rings. The van der Waals surface area contributed by atoms with Crippen LogP contribution in [0.1, 0.15) is 69.8 Å². The minimum Gasteiger partial charge on any atom is -0.446 e. The van der Waals surface area contributed by atoms with Crippen molar-refractivity contribution in [2.45, 2.75) is 38.8 Å². The number of rotatable bonds is 6. The summed E-state index contributed by atoms with van der Waals surface area (Å²) >= 11 is 1.22. The second kappa shape index (κ2) is 13.9. The van der Waals surface area contributed by atoms with Gasteiger partial charge in [0.2, 0.25) is 17.7 Å². The monoisotopic (exact) mass is 630 g/mol. The molecule has 2 aromatic heterocycles. The van der Waals surface area contributed by atoms with Gasteiger partial charge in [0.25, 0.3) is 11.8 Å². The fourth-order valence-electron chi connectivity index (χ4n) is 4.39. The maximum absolute atomic E-state index is 13.3. The van der Waals surface area contributed by atoms with Crippen molar-refractivity contribution < 1.29 is 32.0 Å². The van der Waals surface area contributed by atoms with Crippen LogP contribution in [-0.4, -0.2) is 78.6 Å². The van der Waals surface area contributed by atoms with E-state index in [2.05, 4.69) is 25.9 Å². The van der Waals surface area contributed by atoms with E-state index >= 15 is 0 Å². The molecule has 230 valence electrons. The van der Waals surface area contributed by atoms with Gasteiger partial charge in [-0.15, -0.1) is 11.3 Å². The summed E-state index contributed by atoms with van der Waals surface area (Å²) in [5, 5.41) is 10.6. The Bertz CT molecular complexity index is 1570. The third-order valence-electron chi connectivity index (χ3n) is 6.69. The highest BCUT2D eigenvalue weighted by atomic mass is 32.2. The summed E-state index contributed by atoms with van der Waals surface area (Å²) in [7, 11) is -3.41. The average Bonchev–Trinajstić information content (AvgIpc) is 3.64. The number of amides is 4. The number of fused-ring (bicyclic) bond motifs is 4. The molecule has 0 saturated carbocycles.